The van der Waals surface area contributed by atoms with Crippen molar-refractivity contribution in [3.63, 3.8) is 0 Å². The molecule has 15 heteroatoms. The van der Waals surface area contributed by atoms with Gasteiger partial charge in [-0.1, -0.05) is 6.07 Å². The summed E-state index contributed by atoms with van der Waals surface area (Å²) in [5, 5.41) is 81.1. The van der Waals surface area contributed by atoms with Gasteiger partial charge in [0.15, 0.2) is 28.8 Å². The molecule has 242 valence electrons. The molecule has 0 bridgehead atoms. The van der Waals surface area contributed by atoms with Crippen LogP contribution in [-0.4, -0.2) is 91.2 Å². The van der Waals surface area contributed by atoms with Gasteiger partial charge in [0.25, 0.3) is 0 Å². The number of phenols is 5. The van der Waals surface area contributed by atoms with E-state index in [1.54, 1.807) is 0 Å². The van der Waals surface area contributed by atoms with Crippen molar-refractivity contribution in [2.24, 2.45) is 0 Å². The average molecular weight is 641 g/mol. The van der Waals surface area contributed by atoms with E-state index in [1.807, 2.05) is 0 Å². The summed E-state index contributed by atoms with van der Waals surface area (Å²) in [6.07, 6.45) is -6.60. The Morgan fingerprint density at radius 3 is 2.33 bits per heavy atom. The molecule has 5 atom stereocenters. The standard InChI is InChI=1S/C31H28O15/c1-42-20-8-13(2-5-17(20)34)3-7-23(37)43-12-22-25(38)27(40)28(41)31(45-22)46-30-26(39)24-19(36)10-15(32)11-21(24)44-29(30)14-4-6-16(33)18(35)9-14/h2-11,22,25,27-28,31-36,38,40-41H,12H2,1H3. The lowest BCUT2D eigenvalue weighted by Gasteiger charge is -2.39. The predicted octanol–water partition coefficient (Wildman–Crippen LogP) is 1.44. The number of aliphatic hydroxyl groups is 3. The first-order valence-corrected chi connectivity index (χ1v) is 13.5. The number of methoxy groups -OCH3 is 1. The highest BCUT2D eigenvalue weighted by Crippen LogP contribution is 2.39. The Balaban J connectivity index is 1.41. The van der Waals surface area contributed by atoms with E-state index in [9.17, 15) is 50.4 Å². The van der Waals surface area contributed by atoms with Crippen molar-refractivity contribution in [3.05, 3.63) is 70.4 Å². The number of hydrogen-bond acceptors (Lipinski definition) is 15. The van der Waals surface area contributed by atoms with Crippen molar-refractivity contribution in [1.29, 1.82) is 0 Å². The van der Waals surface area contributed by atoms with Gasteiger partial charge in [0.1, 0.15) is 53.5 Å². The number of hydrogen-bond donors (Lipinski definition) is 8. The van der Waals surface area contributed by atoms with E-state index in [1.165, 1.54) is 37.5 Å². The number of carbonyl (C=O) groups excluding carboxylic acids is 1. The second-order valence-corrected chi connectivity index (χ2v) is 10.2. The van der Waals surface area contributed by atoms with E-state index >= 15 is 0 Å². The van der Waals surface area contributed by atoms with Crippen molar-refractivity contribution >= 4 is 23.0 Å². The Kier molecular flexibility index (Phi) is 8.93. The van der Waals surface area contributed by atoms with E-state index in [-0.39, 0.29) is 22.6 Å². The van der Waals surface area contributed by atoms with Crippen molar-refractivity contribution in [1.82, 2.24) is 0 Å². The Labute approximate surface area is 258 Å². The number of esters is 1. The third-order valence-electron chi connectivity index (χ3n) is 7.06. The number of carbonyl (C=O) groups is 1. The first-order valence-electron chi connectivity index (χ1n) is 13.5. The summed E-state index contributed by atoms with van der Waals surface area (Å²) in [6.45, 7) is -0.641. The highest BCUT2D eigenvalue weighted by molar-refractivity contribution is 5.88. The minimum Gasteiger partial charge on any atom is -0.508 e. The first-order chi connectivity index (χ1) is 21.9. The molecule has 0 aliphatic carbocycles. The summed E-state index contributed by atoms with van der Waals surface area (Å²) < 4.78 is 27.2. The molecular formula is C31H28O15. The van der Waals surface area contributed by atoms with Crippen molar-refractivity contribution in [2.75, 3.05) is 13.7 Å². The predicted molar refractivity (Wildman–Crippen MR) is 157 cm³/mol. The second-order valence-electron chi connectivity index (χ2n) is 10.2. The highest BCUT2D eigenvalue weighted by atomic mass is 16.7. The van der Waals surface area contributed by atoms with E-state index < -0.39 is 88.6 Å². The quantitative estimate of drug-likeness (QED) is 0.0771. The van der Waals surface area contributed by atoms with Gasteiger partial charge in [0.05, 0.1) is 7.11 Å². The summed E-state index contributed by atoms with van der Waals surface area (Å²) in [7, 11) is 1.36. The minimum absolute atomic E-state index is 0.0264. The molecule has 5 unspecified atom stereocenters. The molecule has 0 amide bonds. The number of rotatable bonds is 8. The molecule has 3 aromatic carbocycles. The molecule has 1 aromatic heterocycles. The summed E-state index contributed by atoms with van der Waals surface area (Å²) >= 11 is 0. The molecule has 46 heavy (non-hydrogen) atoms. The van der Waals surface area contributed by atoms with Crippen LogP contribution in [0.5, 0.6) is 40.2 Å². The lowest BCUT2D eigenvalue weighted by molar-refractivity contribution is -0.278. The molecule has 5 rings (SSSR count). The molecule has 0 radical (unpaired) electrons. The van der Waals surface area contributed by atoms with Gasteiger partial charge >= 0.3 is 5.97 Å². The number of fused-ring (bicyclic) bond motifs is 1. The van der Waals surface area contributed by atoms with Gasteiger partial charge in [-0.05, 0) is 42.0 Å². The summed E-state index contributed by atoms with van der Waals surface area (Å²) in [6, 6.07) is 9.60. The van der Waals surface area contributed by atoms with Crippen LogP contribution < -0.4 is 14.9 Å². The van der Waals surface area contributed by atoms with Crippen LogP contribution in [0.1, 0.15) is 5.56 Å². The molecule has 15 nitrogen and oxygen atoms in total. The van der Waals surface area contributed by atoms with Gasteiger partial charge in [0, 0.05) is 23.8 Å². The van der Waals surface area contributed by atoms with Gasteiger partial charge in [-0.25, -0.2) is 4.79 Å². The molecule has 1 aliphatic heterocycles. The van der Waals surface area contributed by atoms with Gasteiger partial charge in [-0.2, -0.15) is 0 Å². The fraction of sp³-hybridized carbons (Fsp3) is 0.226. The zero-order valence-electron chi connectivity index (χ0n) is 23.8. The van der Waals surface area contributed by atoms with Crippen molar-refractivity contribution in [2.45, 2.75) is 30.7 Å². The molecule has 1 saturated heterocycles. The second kappa shape index (κ2) is 12.9. The number of aliphatic hydroxyl groups excluding tert-OH is 3. The molecule has 1 fully saturated rings. The molecular weight excluding hydrogens is 612 g/mol. The maximum absolute atomic E-state index is 13.6. The Bertz CT molecular complexity index is 1860. The van der Waals surface area contributed by atoms with Crippen LogP contribution in [-0.2, 0) is 14.3 Å². The maximum Gasteiger partial charge on any atom is 0.330 e. The summed E-state index contributed by atoms with van der Waals surface area (Å²) in [5.74, 6) is -4.12. The summed E-state index contributed by atoms with van der Waals surface area (Å²) in [5.41, 5.74) is -0.847. The van der Waals surface area contributed by atoms with E-state index in [0.29, 0.717) is 5.56 Å². The fourth-order valence-electron chi connectivity index (χ4n) is 4.67. The van der Waals surface area contributed by atoms with Crippen molar-refractivity contribution in [3.8, 4) is 51.6 Å². The molecule has 1 aliphatic rings. The van der Waals surface area contributed by atoms with Crippen LogP contribution in [0.15, 0.2) is 63.8 Å². The van der Waals surface area contributed by atoms with Gasteiger partial charge in [0.2, 0.25) is 17.5 Å². The third kappa shape index (κ3) is 6.33. The fourth-order valence-corrected chi connectivity index (χ4v) is 4.67. The van der Waals surface area contributed by atoms with E-state index in [2.05, 4.69) is 0 Å². The highest BCUT2D eigenvalue weighted by Gasteiger charge is 2.46. The van der Waals surface area contributed by atoms with Crippen LogP contribution in [0.3, 0.4) is 0 Å². The Morgan fingerprint density at radius 2 is 1.61 bits per heavy atom. The van der Waals surface area contributed by atoms with Crippen LogP contribution in [0.2, 0.25) is 0 Å². The zero-order chi connectivity index (χ0) is 33.3. The van der Waals surface area contributed by atoms with E-state index in [0.717, 1.165) is 30.3 Å². The zero-order valence-corrected chi connectivity index (χ0v) is 23.8. The maximum atomic E-state index is 13.6. The number of phenolic OH excluding ortho intramolecular Hbond substituents is 5. The van der Waals surface area contributed by atoms with Crippen LogP contribution in [0.4, 0.5) is 0 Å². The molecule has 0 saturated carbocycles. The van der Waals surface area contributed by atoms with E-state index in [4.69, 9.17) is 23.4 Å². The minimum atomic E-state index is -1.96. The lowest BCUT2D eigenvalue weighted by atomic mass is 9.99. The number of aromatic hydroxyl groups is 5. The summed E-state index contributed by atoms with van der Waals surface area (Å²) in [4.78, 5) is 26.0. The average Bonchev–Trinajstić information content (AvgIpc) is 3.02. The molecule has 4 aromatic rings. The van der Waals surface area contributed by atoms with Gasteiger partial charge in [-0.3, -0.25) is 4.79 Å². The largest absolute Gasteiger partial charge is 0.508 e. The smallest absolute Gasteiger partial charge is 0.330 e. The third-order valence-corrected chi connectivity index (χ3v) is 7.06. The van der Waals surface area contributed by atoms with Crippen LogP contribution in [0, 0.1) is 0 Å². The van der Waals surface area contributed by atoms with Crippen molar-refractivity contribution < 1.29 is 69.0 Å². The van der Waals surface area contributed by atoms with Gasteiger partial charge in [-0.15, -0.1) is 0 Å². The monoisotopic (exact) mass is 640 g/mol. The topological polar surface area (TPSA) is 246 Å². The molecule has 8 N–H and O–H groups in total. The SMILES string of the molecule is COc1cc(C=CC(=O)OCC2OC(Oc3c(-c4ccc(O)c(O)c4)oc4cc(O)cc(O)c4c3=O)C(O)C(O)C2O)ccc1O. The Morgan fingerprint density at radius 1 is 0.870 bits per heavy atom. The number of benzene rings is 3. The Hall–Kier alpha value is -5.48. The van der Waals surface area contributed by atoms with Gasteiger partial charge < -0.3 is 64.2 Å². The van der Waals surface area contributed by atoms with Crippen LogP contribution in [0.25, 0.3) is 28.4 Å². The molecule has 0 spiro atoms. The number of ether oxygens (including phenoxy) is 4. The van der Waals surface area contributed by atoms with Crippen LogP contribution >= 0.6 is 0 Å². The first kappa shape index (κ1) is 31.9. The lowest BCUT2D eigenvalue weighted by Crippen LogP contribution is -2.60. The molecule has 2 heterocycles. The normalized spacial score (nSPS) is 21.3.